The van der Waals surface area contributed by atoms with Crippen LogP contribution in [0.15, 0.2) is 18.2 Å². The molecule has 0 amide bonds. The number of thioether (sulfide) groups is 1. The lowest BCUT2D eigenvalue weighted by molar-refractivity contribution is 0.880. The molecule has 0 aliphatic rings. The van der Waals surface area contributed by atoms with Gasteiger partial charge in [-0.25, -0.2) is 0 Å². The van der Waals surface area contributed by atoms with Gasteiger partial charge in [-0.1, -0.05) is 53.6 Å². The standard InChI is InChI=1S/C14H12Cl2N4S2/c1-2-21-8-12-17-18-14-20(12)19-13(22-14)6-4-9-3-5-10(15)7-11(9)16/h3-7H,2,8H2,1H3. The van der Waals surface area contributed by atoms with Crippen LogP contribution in [0.3, 0.4) is 0 Å². The van der Waals surface area contributed by atoms with Gasteiger partial charge in [0.25, 0.3) is 0 Å². The minimum absolute atomic E-state index is 0.617. The Balaban J connectivity index is 1.84. The third-order valence-corrected chi connectivity index (χ3v) is 5.17. The van der Waals surface area contributed by atoms with Crippen LogP contribution in [0.1, 0.15) is 23.3 Å². The fourth-order valence-electron chi connectivity index (χ4n) is 1.82. The summed E-state index contributed by atoms with van der Waals surface area (Å²) in [6, 6.07) is 5.41. The molecule has 0 saturated carbocycles. The molecule has 2 heterocycles. The van der Waals surface area contributed by atoms with Crippen LogP contribution in [-0.4, -0.2) is 25.6 Å². The van der Waals surface area contributed by atoms with E-state index in [-0.39, 0.29) is 0 Å². The summed E-state index contributed by atoms with van der Waals surface area (Å²) in [5.74, 6) is 2.73. The van der Waals surface area contributed by atoms with Gasteiger partial charge in [0.2, 0.25) is 4.96 Å². The molecule has 1 aromatic carbocycles. The smallest absolute Gasteiger partial charge is 0.186 e. The Hall–Kier alpha value is -1.08. The van der Waals surface area contributed by atoms with E-state index in [9.17, 15) is 0 Å². The van der Waals surface area contributed by atoms with Gasteiger partial charge in [0, 0.05) is 10.0 Å². The topological polar surface area (TPSA) is 43.1 Å². The average molecular weight is 371 g/mol. The lowest BCUT2D eigenvalue weighted by Gasteiger charge is -1.97. The van der Waals surface area contributed by atoms with Crippen LogP contribution in [0.5, 0.6) is 0 Å². The number of hydrogen-bond acceptors (Lipinski definition) is 5. The predicted octanol–water partition coefficient (Wildman–Crippen LogP) is 4.92. The number of benzene rings is 1. The van der Waals surface area contributed by atoms with Crippen molar-refractivity contribution in [1.82, 2.24) is 19.8 Å². The molecule has 0 atom stereocenters. The van der Waals surface area contributed by atoms with Gasteiger partial charge in [-0.05, 0) is 29.5 Å². The molecule has 3 rings (SSSR count). The van der Waals surface area contributed by atoms with E-state index in [0.29, 0.717) is 10.0 Å². The summed E-state index contributed by atoms with van der Waals surface area (Å²) in [5, 5.41) is 14.9. The van der Waals surface area contributed by atoms with Crippen molar-refractivity contribution in [3.8, 4) is 0 Å². The van der Waals surface area contributed by atoms with Gasteiger partial charge in [0.1, 0.15) is 5.01 Å². The van der Waals surface area contributed by atoms with E-state index in [4.69, 9.17) is 23.2 Å². The maximum absolute atomic E-state index is 6.15. The first kappa shape index (κ1) is 15.8. The Kier molecular flexibility index (Phi) is 5.03. The van der Waals surface area contributed by atoms with Gasteiger partial charge in [0.05, 0.1) is 5.75 Å². The molecule has 0 aliphatic carbocycles. The third kappa shape index (κ3) is 3.46. The molecule has 0 unspecified atom stereocenters. The van der Waals surface area contributed by atoms with Crippen LogP contribution >= 0.6 is 46.3 Å². The molecule has 0 radical (unpaired) electrons. The molecule has 8 heteroatoms. The second-order valence-electron chi connectivity index (χ2n) is 4.39. The predicted molar refractivity (Wildman–Crippen MR) is 95.9 cm³/mol. The van der Waals surface area contributed by atoms with Crippen molar-refractivity contribution >= 4 is 63.4 Å². The molecule has 0 N–H and O–H groups in total. The molecule has 0 spiro atoms. The van der Waals surface area contributed by atoms with Crippen LogP contribution < -0.4 is 0 Å². The van der Waals surface area contributed by atoms with Gasteiger partial charge in [-0.15, -0.1) is 10.2 Å². The zero-order valence-electron chi connectivity index (χ0n) is 11.7. The zero-order valence-corrected chi connectivity index (χ0v) is 14.8. The highest BCUT2D eigenvalue weighted by Gasteiger charge is 2.10. The molecule has 3 aromatic rings. The monoisotopic (exact) mass is 370 g/mol. The third-order valence-electron chi connectivity index (χ3n) is 2.87. The molecule has 2 aromatic heterocycles. The number of aromatic nitrogens is 4. The van der Waals surface area contributed by atoms with Crippen molar-refractivity contribution in [1.29, 1.82) is 0 Å². The Labute approximate surface area is 146 Å². The molecule has 114 valence electrons. The summed E-state index contributed by atoms with van der Waals surface area (Å²) in [7, 11) is 0. The highest BCUT2D eigenvalue weighted by molar-refractivity contribution is 7.98. The van der Waals surface area contributed by atoms with Gasteiger partial charge in [-0.3, -0.25) is 0 Å². The van der Waals surface area contributed by atoms with Crippen molar-refractivity contribution in [3.63, 3.8) is 0 Å². The fourth-order valence-corrected chi connectivity index (χ4v) is 3.62. The van der Waals surface area contributed by atoms with Crippen molar-refractivity contribution in [2.45, 2.75) is 12.7 Å². The van der Waals surface area contributed by atoms with Crippen LogP contribution in [-0.2, 0) is 5.75 Å². The first-order valence-corrected chi connectivity index (χ1v) is 9.32. The van der Waals surface area contributed by atoms with Crippen molar-refractivity contribution < 1.29 is 0 Å². The maximum atomic E-state index is 6.15. The van der Waals surface area contributed by atoms with E-state index in [1.54, 1.807) is 22.3 Å². The lowest BCUT2D eigenvalue weighted by Crippen LogP contribution is -1.94. The molecule has 22 heavy (non-hydrogen) atoms. The maximum Gasteiger partial charge on any atom is 0.234 e. The van der Waals surface area contributed by atoms with Crippen LogP contribution in [0.4, 0.5) is 0 Å². The number of nitrogens with zero attached hydrogens (tertiary/aromatic N) is 4. The molecular formula is C14H12Cl2N4S2. The van der Waals surface area contributed by atoms with Crippen LogP contribution in [0, 0.1) is 0 Å². The number of halogens is 2. The largest absolute Gasteiger partial charge is 0.234 e. The SMILES string of the molecule is CCSCc1nnc2sc(C=Cc3ccc(Cl)cc3Cl)nn12. The van der Waals surface area contributed by atoms with E-state index in [2.05, 4.69) is 22.2 Å². The van der Waals surface area contributed by atoms with E-state index >= 15 is 0 Å². The fraction of sp³-hybridized carbons (Fsp3) is 0.214. The van der Waals surface area contributed by atoms with Crippen molar-refractivity contribution in [3.05, 3.63) is 44.6 Å². The molecule has 0 fully saturated rings. The van der Waals surface area contributed by atoms with Gasteiger partial charge in [0.15, 0.2) is 5.82 Å². The Morgan fingerprint density at radius 3 is 2.91 bits per heavy atom. The molecular weight excluding hydrogens is 359 g/mol. The molecule has 4 nitrogen and oxygen atoms in total. The second kappa shape index (κ2) is 7.00. The first-order chi connectivity index (χ1) is 10.7. The summed E-state index contributed by atoms with van der Waals surface area (Å²) in [4.78, 5) is 0.800. The summed E-state index contributed by atoms with van der Waals surface area (Å²) in [6.45, 7) is 2.12. The lowest BCUT2D eigenvalue weighted by atomic mass is 10.2. The van der Waals surface area contributed by atoms with Crippen LogP contribution in [0.25, 0.3) is 17.1 Å². The average Bonchev–Trinajstić information content (AvgIpc) is 3.04. The number of hydrogen-bond donors (Lipinski definition) is 0. The summed E-state index contributed by atoms with van der Waals surface area (Å²) in [6.07, 6.45) is 3.84. The van der Waals surface area contributed by atoms with Gasteiger partial charge in [-0.2, -0.15) is 21.4 Å². The quantitative estimate of drug-likeness (QED) is 0.639. The van der Waals surface area contributed by atoms with E-state index in [1.807, 2.05) is 24.3 Å². The van der Waals surface area contributed by atoms with Crippen LogP contribution in [0.2, 0.25) is 10.0 Å². The summed E-state index contributed by atoms with van der Waals surface area (Å²) >= 11 is 15.3. The summed E-state index contributed by atoms with van der Waals surface area (Å²) < 4.78 is 1.80. The minimum atomic E-state index is 0.617. The van der Waals surface area contributed by atoms with Gasteiger partial charge >= 0.3 is 0 Å². The Morgan fingerprint density at radius 2 is 2.14 bits per heavy atom. The van der Waals surface area contributed by atoms with E-state index < -0.39 is 0 Å². The summed E-state index contributed by atoms with van der Waals surface area (Å²) in [5.41, 5.74) is 0.902. The Morgan fingerprint density at radius 1 is 1.27 bits per heavy atom. The molecule has 0 aliphatic heterocycles. The first-order valence-electron chi connectivity index (χ1n) is 6.59. The van der Waals surface area contributed by atoms with Crippen molar-refractivity contribution in [2.75, 3.05) is 5.75 Å². The molecule has 0 bridgehead atoms. The van der Waals surface area contributed by atoms with Crippen molar-refractivity contribution in [2.24, 2.45) is 0 Å². The van der Waals surface area contributed by atoms with E-state index in [1.165, 1.54) is 11.3 Å². The number of rotatable bonds is 5. The number of fused-ring (bicyclic) bond motifs is 1. The van der Waals surface area contributed by atoms with Gasteiger partial charge < -0.3 is 0 Å². The molecule has 0 saturated heterocycles. The Bertz CT molecular complexity index is 825. The second-order valence-corrected chi connectivity index (χ2v) is 7.49. The van der Waals surface area contributed by atoms with E-state index in [0.717, 1.165) is 32.9 Å². The normalized spacial score (nSPS) is 11.8. The highest BCUT2D eigenvalue weighted by atomic mass is 35.5. The minimum Gasteiger partial charge on any atom is -0.186 e. The highest BCUT2D eigenvalue weighted by Crippen LogP contribution is 2.24. The zero-order chi connectivity index (χ0) is 15.5.